The number of likely N-dealkylation sites (N-methyl/N-ethyl adjacent to an activating group) is 1. The van der Waals surface area contributed by atoms with Crippen LogP contribution in [0.3, 0.4) is 0 Å². The van der Waals surface area contributed by atoms with Gasteiger partial charge in [0, 0.05) is 20.0 Å². The molecule has 1 fully saturated rings. The number of rotatable bonds is 3. The average molecular weight is 284 g/mol. The van der Waals surface area contributed by atoms with Crippen molar-refractivity contribution >= 4 is 11.8 Å². The number of phenols is 1. The Kier molecular flexibility index (Phi) is 3.99. The Morgan fingerprint density at radius 3 is 2.55 bits per heavy atom. The number of aromatic hydroxyl groups is 1. The molecule has 1 aliphatic rings. The molecular weight excluding hydrogens is 270 g/mol. The standard InChI is InChI=1S/C13H14F2N2O3/c1-17-11(18)3-2-10(13(17)20)16-6-7-4-8(14)12(19)9(15)5-7/h4-5,10,16,19H,2-3,6H2,1H3. The first kappa shape index (κ1) is 14.4. The Morgan fingerprint density at radius 2 is 1.95 bits per heavy atom. The average Bonchev–Trinajstić information content (AvgIpc) is 2.41. The smallest absolute Gasteiger partial charge is 0.246 e. The molecule has 0 spiro atoms. The van der Waals surface area contributed by atoms with Gasteiger partial charge in [-0.1, -0.05) is 0 Å². The van der Waals surface area contributed by atoms with Gasteiger partial charge in [0.05, 0.1) is 6.04 Å². The minimum atomic E-state index is -1.05. The molecule has 2 N–H and O–H groups in total. The van der Waals surface area contributed by atoms with Gasteiger partial charge in [0.1, 0.15) is 0 Å². The van der Waals surface area contributed by atoms with Crippen molar-refractivity contribution in [2.45, 2.75) is 25.4 Å². The number of hydrogen-bond donors (Lipinski definition) is 2. The van der Waals surface area contributed by atoms with Crippen molar-refractivity contribution in [3.8, 4) is 5.75 Å². The first-order valence-corrected chi connectivity index (χ1v) is 6.11. The molecular formula is C13H14F2N2O3. The lowest BCUT2D eigenvalue weighted by molar-refractivity contribution is -0.148. The van der Waals surface area contributed by atoms with Crippen molar-refractivity contribution in [2.24, 2.45) is 0 Å². The van der Waals surface area contributed by atoms with Crippen LogP contribution in [0.1, 0.15) is 18.4 Å². The molecule has 7 heteroatoms. The van der Waals surface area contributed by atoms with Crippen molar-refractivity contribution in [3.05, 3.63) is 29.3 Å². The van der Waals surface area contributed by atoms with Gasteiger partial charge in [-0.2, -0.15) is 0 Å². The van der Waals surface area contributed by atoms with E-state index < -0.39 is 23.4 Å². The highest BCUT2D eigenvalue weighted by atomic mass is 19.1. The summed E-state index contributed by atoms with van der Waals surface area (Å²) in [7, 11) is 1.40. The summed E-state index contributed by atoms with van der Waals surface area (Å²) in [6, 6.07) is 1.43. The summed E-state index contributed by atoms with van der Waals surface area (Å²) in [5.74, 6) is -3.73. The molecule has 1 aliphatic heterocycles. The lowest BCUT2D eigenvalue weighted by atomic mass is 10.0. The van der Waals surface area contributed by atoms with Crippen molar-refractivity contribution in [1.82, 2.24) is 10.2 Å². The molecule has 0 radical (unpaired) electrons. The third kappa shape index (κ3) is 2.77. The van der Waals surface area contributed by atoms with Gasteiger partial charge >= 0.3 is 0 Å². The van der Waals surface area contributed by atoms with Crippen LogP contribution >= 0.6 is 0 Å². The van der Waals surface area contributed by atoms with Crippen molar-refractivity contribution in [3.63, 3.8) is 0 Å². The normalized spacial score (nSPS) is 19.6. The molecule has 1 heterocycles. The Hall–Kier alpha value is -2.02. The lowest BCUT2D eigenvalue weighted by Gasteiger charge is -2.28. The largest absolute Gasteiger partial charge is 0.503 e. The fourth-order valence-electron chi connectivity index (χ4n) is 2.07. The fourth-order valence-corrected chi connectivity index (χ4v) is 2.07. The molecule has 0 saturated carbocycles. The molecule has 1 aromatic carbocycles. The number of carbonyl (C=O) groups is 2. The van der Waals surface area contributed by atoms with Crippen LogP contribution in [0, 0.1) is 11.6 Å². The number of halogens is 2. The Bertz CT molecular complexity index is 540. The lowest BCUT2D eigenvalue weighted by Crippen LogP contribution is -2.51. The van der Waals surface area contributed by atoms with Gasteiger partial charge in [-0.05, 0) is 24.1 Å². The SMILES string of the molecule is CN1C(=O)CCC(NCc2cc(F)c(O)c(F)c2)C1=O. The maximum absolute atomic E-state index is 13.2. The number of nitrogens with zero attached hydrogens (tertiary/aromatic N) is 1. The highest BCUT2D eigenvalue weighted by Gasteiger charge is 2.31. The summed E-state index contributed by atoms with van der Waals surface area (Å²) in [5, 5.41) is 11.8. The summed E-state index contributed by atoms with van der Waals surface area (Å²) < 4.78 is 26.3. The second-order valence-electron chi connectivity index (χ2n) is 4.67. The molecule has 1 saturated heterocycles. The van der Waals surface area contributed by atoms with Crippen LogP contribution in [0.5, 0.6) is 5.75 Å². The number of likely N-dealkylation sites (tertiary alicyclic amines) is 1. The van der Waals surface area contributed by atoms with Crippen LogP contribution in [0.4, 0.5) is 8.78 Å². The summed E-state index contributed by atoms with van der Waals surface area (Å²) >= 11 is 0. The first-order valence-electron chi connectivity index (χ1n) is 6.11. The zero-order valence-corrected chi connectivity index (χ0v) is 10.8. The molecule has 0 aromatic heterocycles. The zero-order valence-electron chi connectivity index (χ0n) is 10.8. The Morgan fingerprint density at radius 1 is 1.35 bits per heavy atom. The number of imide groups is 1. The van der Waals surface area contributed by atoms with Crippen molar-refractivity contribution in [2.75, 3.05) is 7.05 Å². The minimum absolute atomic E-state index is 0.0621. The maximum Gasteiger partial charge on any atom is 0.246 e. The third-order valence-corrected chi connectivity index (χ3v) is 3.28. The van der Waals surface area contributed by atoms with E-state index in [-0.39, 0.29) is 30.3 Å². The Labute approximate surface area is 114 Å². The topological polar surface area (TPSA) is 69.6 Å². The summed E-state index contributed by atoms with van der Waals surface area (Å²) in [6.07, 6.45) is 0.600. The van der Waals surface area contributed by atoms with Gasteiger partial charge in [-0.25, -0.2) is 8.78 Å². The van der Waals surface area contributed by atoms with E-state index in [4.69, 9.17) is 5.11 Å². The molecule has 1 unspecified atom stereocenters. The quantitative estimate of drug-likeness (QED) is 0.809. The van der Waals surface area contributed by atoms with E-state index in [1.165, 1.54) is 7.05 Å². The third-order valence-electron chi connectivity index (χ3n) is 3.28. The van der Waals surface area contributed by atoms with E-state index in [1.54, 1.807) is 0 Å². The number of hydrogen-bond acceptors (Lipinski definition) is 4. The minimum Gasteiger partial charge on any atom is -0.503 e. The number of benzene rings is 1. The second-order valence-corrected chi connectivity index (χ2v) is 4.67. The van der Waals surface area contributed by atoms with E-state index in [2.05, 4.69) is 5.32 Å². The number of phenolic OH excluding ortho intramolecular Hbond substituents is 1. The summed E-state index contributed by atoms with van der Waals surface area (Å²) in [6.45, 7) is 0.0621. The Balaban J connectivity index is 2.02. The molecule has 1 atom stereocenters. The van der Waals surface area contributed by atoms with Gasteiger partial charge < -0.3 is 10.4 Å². The van der Waals surface area contributed by atoms with Crippen LogP contribution in [-0.2, 0) is 16.1 Å². The molecule has 108 valence electrons. The predicted molar refractivity (Wildman–Crippen MR) is 65.7 cm³/mol. The van der Waals surface area contributed by atoms with E-state index >= 15 is 0 Å². The number of nitrogens with one attached hydrogen (secondary N) is 1. The van der Waals surface area contributed by atoms with Crippen LogP contribution < -0.4 is 5.32 Å². The molecule has 20 heavy (non-hydrogen) atoms. The van der Waals surface area contributed by atoms with E-state index in [0.29, 0.717) is 6.42 Å². The first-order chi connectivity index (χ1) is 9.40. The highest BCUT2D eigenvalue weighted by molar-refractivity contribution is 6.00. The van der Waals surface area contributed by atoms with Gasteiger partial charge in [-0.15, -0.1) is 0 Å². The second kappa shape index (κ2) is 5.54. The van der Waals surface area contributed by atoms with Gasteiger partial charge in [-0.3, -0.25) is 14.5 Å². The van der Waals surface area contributed by atoms with Crippen LogP contribution in [-0.4, -0.2) is 34.9 Å². The molecule has 0 bridgehead atoms. The van der Waals surface area contributed by atoms with E-state index in [9.17, 15) is 18.4 Å². The van der Waals surface area contributed by atoms with Crippen LogP contribution in [0.2, 0.25) is 0 Å². The summed E-state index contributed by atoms with van der Waals surface area (Å²) in [5.41, 5.74) is 0.269. The van der Waals surface area contributed by atoms with Gasteiger partial charge in [0.25, 0.3) is 0 Å². The number of amides is 2. The van der Waals surface area contributed by atoms with E-state index in [0.717, 1.165) is 17.0 Å². The van der Waals surface area contributed by atoms with Gasteiger partial charge in [0.2, 0.25) is 11.8 Å². The molecule has 2 amide bonds. The highest BCUT2D eigenvalue weighted by Crippen LogP contribution is 2.21. The van der Waals surface area contributed by atoms with Crippen LogP contribution in [0.25, 0.3) is 0 Å². The monoisotopic (exact) mass is 284 g/mol. The number of carbonyl (C=O) groups excluding carboxylic acids is 2. The number of piperidine rings is 1. The summed E-state index contributed by atoms with van der Waals surface area (Å²) in [4.78, 5) is 24.1. The zero-order chi connectivity index (χ0) is 14.9. The van der Waals surface area contributed by atoms with Crippen molar-refractivity contribution in [1.29, 1.82) is 0 Å². The molecule has 1 aromatic rings. The van der Waals surface area contributed by atoms with Crippen LogP contribution in [0.15, 0.2) is 12.1 Å². The molecule has 5 nitrogen and oxygen atoms in total. The molecule has 0 aliphatic carbocycles. The fraction of sp³-hybridized carbons (Fsp3) is 0.385. The van der Waals surface area contributed by atoms with Gasteiger partial charge in [0.15, 0.2) is 17.4 Å². The molecule has 2 rings (SSSR count). The van der Waals surface area contributed by atoms with E-state index in [1.807, 2.05) is 0 Å². The van der Waals surface area contributed by atoms with Crippen molar-refractivity contribution < 1.29 is 23.5 Å². The predicted octanol–water partition coefficient (Wildman–Crippen LogP) is 0.907. The maximum atomic E-state index is 13.2.